The summed E-state index contributed by atoms with van der Waals surface area (Å²) in [5.41, 5.74) is 0. The van der Waals surface area contributed by atoms with Gasteiger partial charge in [-0.1, -0.05) is 0 Å². The van der Waals surface area contributed by atoms with Gasteiger partial charge in [-0.25, -0.2) is 9.18 Å². The molecule has 0 saturated carbocycles. The van der Waals surface area contributed by atoms with Gasteiger partial charge >= 0.3 is 5.97 Å². The van der Waals surface area contributed by atoms with Crippen molar-refractivity contribution in [1.29, 1.82) is 0 Å². The summed E-state index contributed by atoms with van der Waals surface area (Å²) in [5.74, 6) is -0.394. The van der Waals surface area contributed by atoms with Crippen LogP contribution in [0, 0.1) is 5.82 Å². The highest BCUT2D eigenvalue weighted by Gasteiger charge is 2.00. The van der Waals surface area contributed by atoms with E-state index in [2.05, 4.69) is 0 Å². The fourth-order valence-corrected chi connectivity index (χ4v) is 3.26. The van der Waals surface area contributed by atoms with Gasteiger partial charge in [0, 0.05) is 26.5 Å². The average Bonchev–Trinajstić information content (AvgIpc) is 2.84. The molecule has 0 radical (unpaired) electrons. The zero-order valence-corrected chi connectivity index (χ0v) is 11.5. The highest BCUT2D eigenvalue weighted by molar-refractivity contribution is 7.98. The predicted molar refractivity (Wildman–Crippen MR) is 76.9 cm³/mol. The summed E-state index contributed by atoms with van der Waals surface area (Å²) < 4.78 is 12.7. The molecule has 2 aromatic rings. The van der Waals surface area contributed by atoms with Gasteiger partial charge in [0.1, 0.15) is 5.82 Å². The molecular weight excluding hydrogens is 283 g/mol. The van der Waals surface area contributed by atoms with Crippen molar-refractivity contribution in [3.05, 3.63) is 58.0 Å². The average molecular weight is 294 g/mol. The van der Waals surface area contributed by atoms with Crippen LogP contribution in [0.25, 0.3) is 6.08 Å². The van der Waals surface area contributed by atoms with Crippen LogP contribution in [0.3, 0.4) is 0 Å². The summed E-state index contributed by atoms with van der Waals surface area (Å²) in [6.45, 7) is 0. The number of rotatable bonds is 5. The van der Waals surface area contributed by atoms with Crippen LogP contribution in [0.1, 0.15) is 9.75 Å². The molecule has 0 amide bonds. The van der Waals surface area contributed by atoms with Crippen molar-refractivity contribution in [2.45, 2.75) is 10.6 Å². The van der Waals surface area contributed by atoms with Crippen LogP contribution in [0.15, 0.2) is 47.4 Å². The first-order valence-electron chi connectivity index (χ1n) is 5.51. The number of carboxylic acid groups (broad SMARTS) is 1. The summed E-state index contributed by atoms with van der Waals surface area (Å²) in [7, 11) is 0. The number of aliphatic carboxylic acids is 1. The molecule has 0 aliphatic carbocycles. The minimum atomic E-state index is -0.948. The SMILES string of the molecule is O=C(O)C=Cc1ccc(CSc2ccc(F)cc2)s1. The van der Waals surface area contributed by atoms with Crippen LogP contribution >= 0.6 is 23.1 Å². The molecule has 98 valence electrons. The number of hydrogen-bond acceptors (Lipinski definition) is 3. The number of thiophene rings is 1. The molecule has 1 N–H and O–H groups in total. The van der Waals surface area contributed by atoms with Gasteiger partial charge in [0.25, 0.3) is 0 Å². The van der Waals surface area contributed by atoms with E-state index in [1.807, 2.05) is 12.1 Å². The monoisotopic (exact) mass is 294 g/mol. The quantitative estimate of drug-likeness (QED) is 0.660. The Kier molecular flexibility index (Phi) is 4.76. The lowest BCUT2D eigenvalue weighted by Crippen LogP contribution is -1.84. The topological polar surface area (TPSA) is 37.3 Å². The van der Waals surface area contributed by atoms with Crippen molar-refractivity contribution < 1.29 is 14.3 Å². The van der Waals surface area contributed by atoms with Gasteiger partial charge in [0.05, 0.1) is 0 Å². The second kappa shape index (κ2) is 6.54. The Hall–Kier alpha value is -1.59. The summed E-state index contributed by atoms with van der Waals surface area (Å²) in [4.78, 5) is 13.5. The lowest BCUT2D eigenvalue weighted by atomic mass is 10.4. The number of halogens is 1. The maximum Gasteiger partial charge on any atom is 0.328 e. The van der Waals surface area contributed by atoms with Gasteiger partial charge in [-0.3, -0.25) is 0 Å². The maximum atomic E-state index is 12.7. The molecule has 2 nitrogen and oxygen atoms in total. The third kappa shape index (κ3) is 4.54. The van der Waals surface area contributed by atoms with E-state index in [0.29, 0.717) is 0 Å². The Bertz CT molecular complexity index is 588. The van der Waals surface area contributed by atoms with E-state index in [0.717, 1.165) is 26.5 Å². The second-order valence-corrected chi connectivity index (χ2v) is 5.97. The van der Waals surface area contributed by atoms with E-state index < -0.39 is 5.97 Å². The van der Waals surface area contributed by atoms with Crippen LogP contribution < -0.4 is 0 Å². The first-order valence-corrected chi connectivity index (χ1v) is 7.32. The highest BCUT2D eigenvalue weighted by atomic mass is 32.2. The van der Waals surface area contributed by atoms with E-state index >= 15 is 0 Å². The molecule has 0 saturated heterocycles. The van der Waals surface area contributed by atoms with Crippen LogP contribution in [-0.4, -0.2) is 11.1 Å². The molecular formula is C14H11FO2S2. The van der Waals surface area contributed by atoms with Crippen LogP contribution in [-0.2, 0) is 10.5 Å². The van der Waals surface area contributed by atoms with Gasteiger partial charge in [0.15, 0.2) is 0 Å². The molecule has 0 fully saturated rings. The Morgan fingerprint density at radius 3 is 2.68 bits per heavy atom. The largest absolute Gasteiger partial charge is 0.478 e. The minimum absolute atomic E-state index is 0.235. The Morgan fingerprint density at radius 1 is 1.26 bits per heavy atom. The molecule has 0 bridgehead atoms. The number of carbonyl (C=O) groups is 1. The summed E-state index contributed by atoms with van der Waals surface area (Å²) in [6.07, 6.45) is 2.71. The van der Waals surface area contributed by atoms with Gasteiger partial charge in [0.2, 0.25) is 0 Å². The Morgan fingerprint density at radius 2 is 2.00 bits per heavy atom. The lowest BCUT2D eigenvalue weighted by Gasteiger charge is -1.99. The van der Waals surface area contributed by atoms with Crippen molar-refractivity contribution in [2.75, 3.05) is 0 Å². The van der Waals surface area contributed by atoms with E-state index in [9.17, 15) is 9.18 Å². The van der Waals surface area contributed by atoms with Crippen molar-refractivity contribution in [2.24, 2.45) is 0 Å². The zero-order chi connectivity index (χ0) is 13.7. The third-order valence-corrected chi connectivity index (χ3v) is 4.56. The summed E-state index contributed by atoms with van der Waals surface area (Å²) in [6, 6.07) is 10.3. The molecule has 0 aliphatic rings. The standard InChI is InChI=1S/C14H11FO2S2/c15-10-1-3-11(4-2-10)18-9-13-6-5-12(19-13)7-8-14(16)17/h1-8H,9H2,(H,16,17). The smallest absolute Gasteiger partial charge is 0.328 e. The number of thioether (sulfide) groups is 1. The normalized spacial score (nSPS) is 11.0. The molecule has 0 unspecified atom stereocenters. The predicted octanol–water partition coefficient (Wildman–Crippen LogP) is 4.28. The first kappa shape index (κ1) is 13.8. The molecule has 1 heterocycles. The first-order chi connectivity index (χ1) is 9.13. The number of carboxylic acids is 1. The minimum Gasteiger partial charge on any atom is -0.478 e. The van der Waals surface area contributed by atoms with Crippen LogP contribution in [0.4, 0.5) is 4.39 Å². The number of benzene rings is 1. The fraction of sp³-hybridized carbons (Fsp3) is 0.0714. The van der Waals surface area contributed by atoms with E-state index in [4.69, 9.17) is 5.11 Å². The second-order valence-electron chi connectivity index (χ2n) is 3.72. The van der Waals surface area contributed by atoms with Crippen molar-refractivity contribution in [3.63, 3.8) is 0 Å². The van der Waals surface area contributed by atoms with E-state index in [1.54, 1.807) is 41.3 Å². The molecule has 0 spiro atoms. The molecule has 5 heteroatoms. The Labute approximate surface area is 118 Å². The van der Waals surface area contributed by atoms with Crippen molar-refractivity contribution >= 4 is 35.1 Å². The zero-order valence-electron chi connectivity index (χ0n) is 9.88. The van der Waals surface area contributed by atoms with Crippen molar-refractivity contribution in [3.8, 4) is 0 Å². The molecule has 2 rings (SSSR count). The van der Waals surface area contributed by atoms with Gasteiger partial charge in [-0.2, -0.15) is 0 Å². The lowest BCUT2D eigenvalue weighted by molar-refractivity contribution is -0.131. The molecule has 1 aromatic heterocycles. The molecule has 19 heavy (non-hydrogen) atoms. The molecule has 1 aromatic carbocycles. The summed E-state index contributed by atoms with van der Waals surface area (Å²) in [5, 5.41) is 8.54. The Balaban J connectivity index is 1.93. The van der Waals surface area contributed by atoms with Crippen LogP contribution in [0.5, 0.6) is 0 Å². The fourth-order valence-electron chi connectivity index (χ4n) is 1.40. The third-order valence-electron chi connectivity index (χ3n) is 2.27. The molecule has 0 aliphatic heterocycles. The van der Waals surface area contributed by atoms with Gasteiger partial charge in [-0.15, -0.1) is 23.1 Å². The van der Waals surface area contributed by atoms with Gasteiger partial charge < -0.3 is 5.11 Å². The number of hydrogen-bond donors (Lipinski definition) is 1. The van der Waals surface area contributed by atoms with Crippen molar-refractivity contribution in [1.82, 2.24) is 0 Å². The van der Waals surface area contributed by atoms with E-state index in [1.165, 1.54) is 12.1 Å². The van der Waals surface area contributed by atoms with Gasteiger partial charge in [-0.05, 0) is 42.5 Å². The highest BCUT2D eigenvalue weighted by Crippen LogP contribution is 2.27. The molecule has 0 atom stereocenters. The van der Waals surface area contributed by atoms with Crippen LogP contribution in [0.2, 0.25) is 0 Å². The van der Waals surface area contributed by atoms with E-state index in [-0.39, 0.29) is 5.82 Å². The summed E-state index contributed by atoms with van der Waals surface area (Å²) >= 11 is 3.18. The maximum absolute atomic E-state index is 12.7.